The van der Waals surface area contributed by atoms with Gasteiger partial charge in [0.1, 0.15) is 6.54 Å². The van der Waals surface area contributed by atoms with E-state index in [9.17, 15) is 14.4 Å². The molecule has 0 radical (unpaired) electrons. The molecule has 9 heteroatoms. The van der Waals surface area contributed by atoms with Crippen LogP contribution in [0, 0.1) is 0 Å². The number of nitrogens with two attached hydrogens (primary N) is 1. The van der Waals surface area contributed by atoms with Crippen molar-refractivity contribution in [2.24, 2.45) is 5.73 Å². The van der Waals surface area contributed by atoms with Crippen LogP contribution in [0.4, 0.5) is 0 Å². The number of primary amides is 1. The molecule has 3 aromatic rings. The van der Waals surface area contributed by atoms with Crippen LogP contribution in [0.15, 0.2) is 47.3 Å². The molecule has 0 fully saturated rings. The molecule has 9 nitrogen and oxygen atoms in total. The van der Waals surface area contributed by atoms with E-state index in [0.717, 1.165) is 10.2 Å². The predicted octanol–water partition coefficient (Wildman–Crippen LogP) is 0.829. The highest BCUT2D eigenvalue weighted by molar-refractivity contribution is 6.04. The van der Waals surface area contributed by atoms with Gasteiger partial charge in [-0.2, -0.15) is 5.10 Å². The van der Waals surface area contributed by atoms with E-state index in [0.29, 0.717) is 16.9 Å². The van der Waals surface area contributed by atoms with Crippen molar-refractivity contribution in [2.45, 2.75) is 13.1 Å². The molecule has 150 valence electrons. The van der Waals surface area contributed by atoms with Gasteiger partial charge in [-0.1, -0.05) is 24.3 Å². The second-order valence-corrected chi connectivity index (χ2v) is 6.19. The molecule has 0 spiro atoms. The third-order valence-corrected chi connectivity index (χ3v) is 4.33. The van der Waals surface area contributed by atoms with Gasteiger partial charge in [-0.15, -0.1) is 0 Å². The van der Waals surface area contributed by atoms with Gasteiger partial charge >= 0.3 is 0 Å². The number of carbonyl (C=O) groups excluding carboxylic acids is 2. The summed E-state index contributed by atoms with van der Waals surface area (Å²) in [4.78, 5) is 36.7. The molecule has 1 aromatic heterocycles. The van der Waals surface area contributed by atoms with Crippen molar-refractivity contribution in [2.75, 3.05) is 14.2 Å². The largest absolute Gasteiger partial charge is 0.493 e. The average Bonchev–Trinajstić information content (AvgIpc) is 2.73. The number of nitrogens with zero attached hydrogens (tertiary/aromatic N) is 2. The molecule has 2 aromatic carbocycles. The predicted molar refractivity (Wildman–Crippen MR) is 106 cm³/mol. The molecule has 1 heterocycles. The minimum atomic E-state index is -0.777. The van der Waals surface area contributed by atoms with Crippen LogP contribution >= 0.6 is 0 Å². The number of nitrogens with one attached hydrogen (secondary N) is 1. The van der Waals surface area contributed by atoms with E-state index in [1.807, 2.05) is 0 Å². The number of methoxy groups -OCH3 is 2. The van der Waals surface area contributed by atoms with Crippen molar-refractivity contribution in [1.82, 2.24) is 15.1 Å². The summed E-state index contributed by atoms with van der Waals surface area (Å²) in [6.45, 7) is -0.137. The first-order valence-electron chi connectivity index (χ1n) is 8.72. The Hall–Kier alpha value is -3.88. The average molecular weight is 396 g/mol. The Morgan fingerprint density at radius 2 is 1.76 bits per heavy atom. The Bertz CT molecular complexity index is 1140. The van der Waals surface area contributed by atoms with Crippen LogP contribution < -0.4 is 26.1 Å². The molecule has 29 heavy (non-hydrogen) atoms. The number of hydrogen-bond acceptors (Lipinski definition) is 6. The summed E-state index contributed by atoms with van der Waals surface area (Å²) < 4.78 is 11.3. The molecule has 3 rings (SSSR count). The third kappa shape index (κ3) is 4.18. The monoisotopic (exact) mass is 396 g/mol. The fourth-order valence-corrected chi connectivity index (χ4v) is 2.91. The Kier molecular flexibility index (Phi) is 5.77. The highest BCUT2D eigenvalue weighted by Crippen LogP contribution is 2.27. The lowest BCUT2D eigenvalue weighted by Gasteiger charge is -2.11. The maximum Gasteiger partial charge on any atom is 0.275 e. The molecular weight excluding hydrogens is 376 g/mol. The zero-order valence-corrected chi connectivity index (χ0v) is 16.0. The van der Waals surface area contributed by atoms with Crippen molar-refractivity contribution in [3.63, 3.8) is 0 Å². The number of hydrogen-bond donors (Lipinski definition) is 2. The summed E-state index contributed by atoms with van der Waals surface area (Å²) in [6.07, 6.45) is 0. The van der Waals surface area contributed by atoms with Crippen molar-refractivity contribution < 1.29 is 19.1 Å². The molecule has 0 bridgehead atoms. The first-order valence-corrected chi connectivity index (χ1v) is 8.72. The summed E-state index contributed by atoms with van der Waals surface area (Å²) in [6, 6.07) is 11.7. The van der Waals surface area contributed by atoms with Gasteiger partial charge in [-0.25, -0.2) is 4.68 Å². The number of carbonyl (C=O) groups is 2. The number of benzene rings is 2. The highest BCUT2D eigenvalue weighted by Gasteiger charge is 2.16. The van der Waals surface area contributed by atoms with Crippen molar-refractivity contribution in [1.29, 1.82) is 0 Å². The Morgan fingerprint density at radius 1 is 1.07 bits per heavy atom. The van der Waals surface area contributed by atoms with E-state index in [1.54, 1.807) is 42.5 Å². The maximum absolute atomic E-state index is 12.6. The summed E-state index contributed by atoms with van der Waals surface area (Å²) in [5.74, 6) is -0.105. The van der Waals surface area contributed by atoms with Crippen LogP contribution in [-0.2, 0) is 17.9 Å². The van der Waals surface area contributed by atoms with Gasteiger partial charge in [0, 0.05) is 11.9 Å². The maximum atomic E-state index is 12.6. The van der Waals surface area contributed by atoms with Gasteiger partial charge in [0.2, 0.25) is 5.91 Å². The van der Waals surface area contributed by atoms with Gasteiger partial charge in [-0.3, -0.25) is 14.4 Å². The normalized spacial score (nSPS) is 10.6. The lowest BCUT2D eigenvalue weighted by Crippen LogP contribution is -2.35. The molecule has 0 aliphatic carbocycles. The lowest BCUT2D eigenvalue weighted by molar-refractivity contribution is -0.122. The number of aromatic nitrogens is 2. The Morgan fingerprint density at radius 3 is 2.41 bits per heavy atom. The molecule has 2 amide bonds. The van der Waals surface area contributed by atoms with Crippen LogP contribution in [0.1, 0.15) is 16.1 Å². The molecular formula is C20H20N4O5. The number of rotatable bonds is 7. The van der Waals surface area contributed by atoms with E-state index in [-0.39, 0.29) is 24.2 Å². The number of ether oxygens (including phenoxy) is 2. The van der Waals surface area contributed by atoms with Crippen LogP contribution in [0.25, 0.3) is 10.8 Å². The van der Waals surface area contributed by atoms with Crippen LogP contribution in [0.3, 0.4) is 0 Å². The quantitative estimate of drug-likeness (QED) is 0.609. The van der Waals surface area contributed by atoms with Crippen molar-refractivity contribution in [3.8, 4) is 11.5 Å². The molecule has 3 N–H and O–H groups in total. The topological polar surface area (TPSA) is 126 Å². The van der Waals surface area contributed by atoms with Gasteiger partial charge in [0.15, 0.2) is 17.2 Å². The fourth-order valence-electron chi connectivity index (χ4n) is 2.91. The second-order valence-electron chi connectivity index (χ2n) is 6.19. The van der Waals surface area contributed by atoms with E-state index in [1.165, 1.54) is 14.2 Å². The smallest absolute Gasteiger partial charge is 0.275 e. The van der Waals surface area contributed by atoms with Gasteiger partial charge < -0.3 is 20.5 Å². The summed E-state index contributed by atoms with van der Waals surface area (Å²) in [7, 11) is 3.06. The van der Waals surface area contributed by atoms with Crippen molar-refractivity contribution >= 4 is 22.6 Å². The first kappa shape index (κ1) is 19.9. The molecule has 0 aliphatic rings. The minimum absolute atomic E-state index is 0.0621. The van der Waals surface area contributed by atoms with E-state index >= 15 is 0 Å². The first-order chi connectivity index (χ1) is 13.9. The molecule has 0 unspecified atom stereocenters. The standard InChI is InChI=1S/C20H20N4O5/c1-28-15-8-7-12(9-16(15)29-2)10-22-17(25)11-24-20(27)14-6-4-3-5-13(14)18(23-24)19(21)26/h3-9H,10-11H2,1-2H3,(H2,21,26)(H,22,25). The zero-order valence-electron chi connectivity index (χ0n) is 16.0. The number of fused-ring (bicyclic) bond motifs is 1. The third-order valence-electron chi connectivity index (χ3n) is 4.33. The van der Waals surface area contributed by atoms with Crippen LogP contribution in [0.5, 0.6) is 11.5 Å². The van der Waals surface area contributed by atoms with Crippen LogP contribution in [0.2, 0.25) is 0 Å². The SMILES string of the molecule is COc1ccc(CNC(=O)Cn2nc(C(N)=O)c3ccccc3c2=O)cc1OC. The van der Waals surface area contributed by atoms with E-state index in [2.05, 4.69) is 10.4 Å². The van der Waals surface area contributed by atoms with Gasteiger partial charge in [0.05, 0.1) is 19.6 Å². The summed E-state index contributed by atoms with van der Waals surface area (Å²) in [5, 5.41) is 7.31. The van der Waals surface area contributed by atoms with E-state index in [4.69, 9.17) is 15.2 Å². The van der Waals surface area contributed by atoms with Crippen LogP contribution in [-0.4, -0.2) is 35.8 Å². The summed E-state index contributed by atoms with van der Waals surface area (Å²) >= 11 is 0. The zero-order chi connectivity index (χ0) is 21.0. The van der Waals surface area contributed by atoms with E-state index < -0.39 is 17.4 Å². The Labute approximate surface area is 166 Å². The Balaban J connectivity index is 1.79. The minimum Gasteiger partial charge on any atom is -0.493 e. The number of amides is 2. The molecule has 0 aliphatic heterocycles. The second kappa shape index (κ2) is 8.42. The highest BCUT2D eigenvalue weighted by atomic mass is 16.5. The fraction of sp³-hybridized carbons (Fsp3) is 0.200. The van der Waals surface area contributed by atoms with Gasteiger partial charge in [-0.05, 0) is 23.8 Å². The molecule has 0 saturated carbocycles. The summed E-state index contributed by atoms with van der Waals surface area (Å²) in [5.41, 5.74) is 5.62. The molecule has 0 atom stereocenters. The molecule has 0 saturated heterocycles. The lowest BCUT2D eigenvalue weighted by atomic mass is 10.1. The van der Waals surface area contributed by atoms with Crippen molar-refractivity contribution in [3.05, 3.63) is 64.1 Å². The van der Waals surface area contributed by atoms with Gasteiger partial charge in [0.25, 0.3) is 11.5 Å².